The fraction of sp³-hybridized carbons (Fsp3) is 0.588. The van der Waals surface area contributed by atoms with E-state index in [9.17, 15) is 4.79 Å². The van der Waals surface area contributed by atoms with Crippen molar-refractivity contribution < 1.29 is 4.79 Å². The Morgan fingerprint density at radius 2 is 2.00 bits per heavy atom. The highest BCUT2D eigenvalue weighted by atomic mass is 16.1. The van der Waals surface area contributed by atoms with Gasteiger partial charge in [0.1, 0.15) is 0 Å². The van der Waals surface area contributed by atoms with E-state index in [-0.39, 0.29) is 5.91 Å². The Kier molecular flexibility index (Phi) is 6.05. The van der Waals surface area contributed by atoms with Gasteiger partial charge in [0.25, 0.3) is 5.91 Å². The Morgan fingerprint density at radius 1 is 1.24 bits per heavy atom. The summed E-state index contributed by atoms with van der Waals surface area (Å²) in [5.41, 5.74) is 2.82. The summed E-state index contributed by atoms with van der Waals surface area (Å²) < 4.78 is 0. The molecule has 1 aromatic carbocycles. The molecular weight excluding hydrogens is 262 g/mol. The lowest BCUT2D eigenvalue weighted by Crippen LogP contribution is -2.37. The number of likely N-dealkylation sites (tertiary alicyclic amines) is 1. The average Bonchev–Trinajstić information content (AvgIpc) is 2.49. The van der Waals surface area contributed by atoms with Gasteiger partial charge in [-0.15, -0.1) is 0 Å². The van der Waals surface area contributed by atoms with Gasteiger partial charge in [0.05, 0.1) is 5.56 Å². The van der Waals surface area contributed by atoms with Gasteiger partial charge in [0, 0.05) is 25.3 Å². The number of benzene rings is 1. The van der Waals surface area contributed by atoms with Crippen molar-refractivity contribution in [2.75, 3.05) is 38.0 Å². The molecule has 4 nitrogen and oxygen atoms in total. The van der Waals surface area contributed by atoms with Crippen LogP contribution in [0.15, 0.2) is 18.2 Å². The Labute approximate surface area is 127 Å². The first-order valence-electron chi connectivity index (χ1n) is 8.06. The third-order valence-electron chi connectivity index (χ3n) is 3.95. The first kappa shape index (κ1) is 15.8. The van der Waals surface area contributed by atoms with E-state index in [2.05, 4.69) is 15.5 Å². The van der Waals surface area contributed by atoms with Crippen molar-refractivity contribution >= 4 is 11.6 Å². The van der Waals surface area contributed by atoms with Crippen molar-refractivity contribution in [3.05, 3.63) is 29.3 Å². The molecule has 0 aliphatic carbocycles. The zero-order valence-corrected chi connectivity index (χ0v) is 13.2. The predicted molar refractivity (Wildman–Crippen MR) is 88.0 cm³/mol. The van der Waals surface area contributed by atoms with Crippen molar-refractivity contribution in [3.8, 4) is 0 Å². The number of amides is 1. The molecule has 1 aromatic rings. The van der Waals surface area contributed by atoms with Gasteiger partial charge in [-0.05, 0) is 57.5 Å². The molecule has 4 heteroatoms. The second-order valence-corrected chi connectivity index (χ2v) is 5.74. The van der Waals surface area contributed by atoms with Crippen molar-refractivity contribution in [2.24, 2.45) is 0 Å². The summed E-state index contributed by atoms with van der Waals surface area (Å²) in [6, 6.07) is 5.92. The molecule has 0 unspecified atom stereocenters. The van der Waals surface area contributed by atoms with E-state index in [4.69, 9.17) is 0 Å². The van der Waals surface area contributed by atoms with Gasteiger partial charge in [-0.1, -0.05) is 12.5 Å². The summed E-state index contributed by atoms with van der Waals surface area (Å²) >= 11 is 0. The molecule has 1 saturated heterocycles. The minimum absolute atomic E-state index is 0.0166. The number of nitrogens with zero attached hydrogens (tertiary/aromatic N) is 1. The quantitative estimate of drug-likeness (QED) is 0.846. The number of hydrogen-bond donors (Lipinski definition) is 2. The maximum absolute atomic E-state index is 12.3. The minimum Gasteiger partial charge on any atom is -0.385 e. The summed E-state index contributed by atoms with van der Waals surface area (Å²) in [6.07, 6.45) is 3.92. The highest BCUT2D eigenvalue weighted by Crippen LogP contribution is 2.17. The van der Waals surface area contributed by atoms with Crippen LogP contribution in [0.1, 0.15) is 42.1 Å². The van der Waals surface area contributed by atoms with Gasteiger partial charge >= 0.3 is 0 Å². The minimum atomic E-state index is 0.0166. The molecule has 0 atom stereocenters. The van der Waals surface area contributed by atoms with Crippen LogP contribution < -0.4 is 10.6 Å². The van der Waals surface area contributed by atoms with E-state index in [1.807, 2.05) is 32.0 Å². The Bertz CT molecular complexity index is 467. The summed E-state index contributed by atoms with van der Waals surface area (Å²) in [7, 11) is 0. The molecule has 2 rings (SSSR count). The molecule has 0 bridgehead atoms. The van der Waals surface area contributed by atoms with E-state index in [1.54, 1.807) is 0 Å². The average molecular weight is 289 g/mol. The van der Waals surface area contributed by atoms with Crippen LogP contribution in [0.25, 0.3) is 0 Å². The van der Waals surface area contributed by atoms with Gasteiger partial charge < -0.3 is 15.5 Å². The van der Waals surface area contributed by atoms with E-state index in [1.165, 1.54) is 32.4 Å². The smallest absolute Gasteiger partial charge is 0.253 e. The number of rotatable bonds is 6. The number of nitrogens with one attached hydrogen (secondary N) is 2. The lowest BCUT2D eigenvalue weighted by atomic mass is 10.1. The fourth-order valence-electron chi connectivity index (χ4n) is 2.80. The monoisotopic (exact) mass is 289 g/mol. The number of anilines is 1. The van der Waals surface area contributed by atoms with E-state index in [0.717, 1.165) is 36.4 Å². The summed E-state index contributed by atoms with van der Waals surface area (Å²) in [5, 5.41) is 6.31. The summed E-state index contributed by atoms with van der Waals surface area (Å²) in [6.45, 7) is 8.91. The first-order chi connectivity index (χ1) is 10.2. The molecule has 0 aromatic heterocycles. The first-order valence-corrected chi connectivity index (χ1v) is 8.06. The summed E-state index contributed by atoms with van der Waals surface area (Å²) in [5.74, 6) is 0.0166. The standard InChI is InChI=1S/C17H27N3O/c1-3-18-16-13-14(2)7-8-15(16)17(21)19-9-12-20-10-5-4-6-11-20/h7-8,13,18H,3-6,9-12H2,1-2H3,(H,19,21). The lowest BCUT2D eigenvalue weighted by molar-refractivity contribution is 0.0947. The lowest BCUT2D eigenvalue weighted by Gasteiger charge is -2.26. The van der Waals surface area contributed by atoms with Crippen LogP contribution in [0, 0.1) is 6.92 Å². The molecule has 116 valence electrons. The molecular formula is C17H27N3O. The molecule has 1 amide bonds. The third kappa shape index (κ3) is 4.74. The topological polar surface area (TPSA) is 44.4 Å². The van der Waals surface area contributed by atoms with Crippen molar-refractivity contribution in [3.63, 3.8) is 0 Å². The SMILES string of the molecule is CCNc1cc(C)ccc1C(=O)NCCN1CCCCC1. The number of piperidine rings is 1. The normalized spacial score (nSPS) is 15.7. The van der Waals surface area contributed by atoms with Crippen LogP contribution in [0.4, 0.5) is 5.69 Å². The van der Waals surface area contributed by atoms with Crippen LogP contribution in [0.3, 0.4) is 0 Å². The highest BCUT2D eigenvalue weighted by Gasteiger charge is 2.13. The molecule has 0 saturated carbocycles. The molecule has 0 spiro atoms. The van der Waals surface area contributed by atoms with Crippen molar-refractivity contribution in [1.82, 2.24) is 10.2 Å². The molecule has 1 aliphatic rings. The van der Waals surface area contributed by atoms with Gasteiger partial charge in [0.15, 0.2) is 0 Å². The molecule has 0 radical (unpaired) electrons. The molecule has 1 heterocycles. The zero-order valence-electron chi connectivity index (χ0n) is 13.2. The maximum Gasteiger partial charge on any atom is 0.253 e. The van der Waals surface area contributed by atoms with Crippen LogP contribution in [0.2, 0.25) is 0 Å². The number of carbonyl (C=O) groups is 1. The Hall–Kier alpha value is -1.55. The summed E-state index contributed by atoms with van der Waals surface area (Å²) in [4.78, 5) is 14.8. The van der Waals surface area contributed by atoms with Gasteiger partial charge in [-0.2, -0.15) is 0 Å². The van der Waals surface area contributed by atoms with E-state index < -0.39 is 0 Å². The van der Waals surface area contributed by atoms with Crippen LogP contribution in [-0.4, -0.2) is 43.5 Å². The number of aryl methyl sites for hydroxylation is 1. The largest absolute Gasteiger partial charge is 0.385 e. The van der Waals surface area contributed by atoms with Crippen LogP contribution in [0.5, 0.6) is 0 Å². The maximum atomic E-state index is 12.3. The molecule has 1 aliphatic heterocycles. The second-order valence-electron chi connectivity index (χ2n) is 5.74. The van der Waals surface area contributed by atoms with Gasteiger partial charge in [-0.3, -0.25) is 4.79 Å². The Balaban J connectivity index is 1.87. The third-order valence-corrected chi connectivity index (χ3v) is 3.95. The number of carbonyl (C=O) groups excluding carboxylic acids is 1. The van der Waals surface area contributed by atoms with Crippen LogP contribution in [-0.2, 0) is 0 Å². The number of hydrogen-bond acceptors (Lipinski definition) is 3. The van der Waals surface area contributed by atoms with E-state index >= 15 is 0 Å². The molecule has 2 N–H and O–H groups in total. The van der Waals surface area contributed by atoms with Crippen LogP contribution >= 0.6 is 0 Å². The predicted octanol–water partition coefficient (Wildman–Crippen LogP) is 2.64. The Morgan fingerprint density at radius 3 is 2.71 bits per heavy atom. The van der Waals surface area contributed by atoms with Crippen molar-refractivity contribution in [2.45, 2.75) is 33.1 Å². The highest BCUT2D eigenvalue weighted by molar-refractivity contribution is 5.99. The van der Waals surface area contributed by atoms with E-state index in [0.29, 0.717) is 0 Å². The van der Waals surface area contributed by atoms with Gasteiger partial charge in [0.2, 0.25) is 0 Å². The molecule has 21 heavy (non-hydrogen) atoms. The molecule has 1 fully saturated rings. The zero-order chi connectivity index (χ0) is 15.1. The van der Waals surface area contributed by atoms with Gasteiger partial charge in [-0.25, -0.2) is 0 Å². The van der Waals surface area contributed by atoms with Crippen molar-refractivity contribution in [1.29, 1.82) is 0 Å². The second kappa shape index (κ2) is 8.03. The fourth-order valence-corrected chi connectivity index (χ4v) is 2.80.